The Morgan fingerprint density at radius 2 is 1.70 bits per heavy atom. The average molecular weight is 433 g/mol. The standard InChI is InChI=1S/C24H36N2O3S/c1-29-21-13-11-18(12-14-21)15-26(25)24(28)22(23(27)20-9-5-6-10-20)17-30-16-19-7-3-2-4-8-19/h11-14,19-20,22H,2-10,15-17,25H2,1H3/t22-/m1/s1. The highest BCUT2D eigenvalue weighted by Gasteiger charge is 2.35. The van der Waals surface area contributed by atoms with Gasteiger partial charge in [0.1, 0.15) is 17.5 Å². The van der Waals surface area contributed by atoms with Gasteiger partial charge in [-0.1, -0.05) is 44.2 Å². The highest BCUT2D eigenvalue weighted by atomic mass is 32.2. The minimum absolute atomic E-state index is 0.0311. The highest BCUT2D eigenvalue weighted by molar-refractivity contribution is 7.99. The second kappa shape index (κ2) is 11.8. The van der Waals surface area contributed by atoms with Gasteiger partial charge in [0, 0.05) is 11.7 Å². The van der Waals surface area contributed by atoms with Gasteiger partial charge in [0.05, 0.1) is 13.7 Å². The normalized spacial score (nSPS) is 18.9. The lowest BCUT2D eigenvalue weighted by Gasteiger charge is -2.26. The third-order valence-electron chi connectivity index (χ3n) is 6.56. The number of ether oxygens (including phenoxy) is 1. The van der Waals surface area contributed by atoms with Gasteiger partial charge in [-0.15, -0.1) is 0 Å². The Morgan fingerprint density at radius 1 is 1.07 bits per heavy atom. The first kappa shape index (κ1) is 23.1. The van der Waals surface area contributed by atoms with Crippen molar-refractivity contribution >= 4 is 23.5 Å². The van der Waals surface area contributed by atoms with E-state index < -0.39 is 5.92 Å². The lowest BCUT2D eigenvalue weighted by molar-refractivity contribution is -0.142. The monoisotopic (exact) mass is 432 g/mol. The Bertz CT molecular complexity index is 682. The molecule has 166 valence electrons. The maximum Gasteiger partial charge on any atom is 0.248 e. The summed E-state index contributed by atoms with van der Waals surface area (Å²) < 4.78 is 5.18. The topological polar surface area (TPSA) is 72.6 Å². The fourth-order valence-corrected chi connectivity index (χ4v) is 6.03. The molecule has 1 aromatic carbocycles. The van der Waals surface area contributed by atoms with Crippen molar-refractivity contribution in [3.63, 3.8) is 0 Å². The molecule has 2 aliphatic rings. The quantitative estimate of drug-likeness (QED) is 0.253. The zero-order valence-corrected chi connectivity index (χ0v) is 19.0. The Morgan fingerprint density at radius 3 is 2.33 bits per heavy atom. The second-order valence-corrected chi connectivity index (χ2v) is 9.87. The van der Waals surface area contributed by atoms with E-state index in [1.807, 2.05) is 24.3 Å². The Balaban J connectivity index is 1.60. The molecule has 2 N–H and O–H groups in total. The van der Waals surface area contributed by atoms with Crippen LogP contribution in [0.15, 0.2) is 24.3 Å². The summed E-state index contributed by atoms with van der Waals surface area (Å²) in [6, 6.07) is 7.51. The van der Waals surface area contributed by atoms with Crippen molar-refractivity contribution in [3.05, 3.63) is 29.8 Å². The van der Waals surface area contributed by atoms with Crippen LogP contribution in [0.2, 0.25) is 0 Å². The molecule has 1 aromatic rings. The third-order valence-corrected chi connectivity index (χ3v) is 7.83. The highest BCUT2D eigenvalue weighted by Crippen LogP contribution is 2.31. The first-order valence-electron chi connectivity index (χ1n) is 11.4. The van der Waals surface area contributed by atoms with Crippen molar-refractivity contribution < 1.29 is 14.3 Å². The molecule has 0 aliphatic heterocycles. The molecule has 0 unspecified atom stereocenters. The van der Waals surface area contributed by atoms with E-state index in [0.717, 1.165) is 48.7 Å². The van der Waals surface area contributed by atoms with Gasteiger partial charge in [0.2, 0.25) is 5.91 Å². The molecule has 2 saturated carbocycles. The van der Waals surface area contributed by atoms with Gasteiger partial charge in [0.15, 0.2) is 0 Å². The maximum absolute atomic E-state index is 13.2. The Kier molecular flexibility index (Phi) is 9.06. The molecule has 6 heteroatoms. The van der Waals surface area contributed by atoms with Crippen LogP contribution in [0.4, 0.5) is 0 Å². The van der Waals surface area contributed by atoms with Gasteiger partial charge in [-0.3, -0.25) is 14.6 Å². The molecule has 2 fully saturated rings. The number of hydrazine groups is 1. The van der Waals surface area contributed by atoms with E-state index in [-0.39, 0.29) is 17.6 Å². The van der Waals surface area contributed by atoms with Crippen LogP contribution in [-0.2, 0) is 16.1 Å². The molecule has 1 amide bonds. The minimum atomic E-state index is -0.620. The lowest BCUT2D eigenvalue weighted by atomic mass is 9.91. The van der Waals surface area contributed by atoms with E-state index in [9.17, 15) is 9.59 Å². The van der Waals surface area contributed by atoms with Gasteiger partial charge < -0.3 is 4.74 Å². The van der Waals surface area contributed by atoms with Crippen LogP contribution >= 0.6 is 11.8 Å². The fraction of sp³-hybridized carbons (Fsp3) is 0.667. The summed E-state index contributed by atoms with van der Waals surface area (Å²) in [6.45, 7) is 0.296. The minimum Gasteiger partial charge on any atom is -0.497 e. The zero-order chi connectivity index (χ0) is 21.3. The smallest absolute Gasteiger partial charge is 0.248 e. The Hall–Kier alpha value is -1.53. The number of carbonyl (C=O) groups excluding carboxylic acids is 2. The van der Waals surface area contributed by atoms with Gasteiger partial charge in [-0.25, -0.2) is 5.84 Å². The summed E-state index contributed by atoms with van der Waals surface area (Å²) in [5.74, 6) is 8.55. The summed E-state index contributed by atoms with van der Waals surface area (Å²) in [7, 11) is 1.62. The van der Waals surface area contributed by atoms with Gasteiger partial charge in [-0.05, 0) is 55.1 Å². The van der Waals surface area contributed by atoms with Crippen LogP contribution in [-0.4, -0.2) is 35.3 Å². The van der Waals surface area contributed by atoms with Crippen LogP contribution in [0, 0.1) is 17.8 Å². The summed E-state index contributed by atoms with van der Waals surface area (Å²) in [5.41, 5.74) is 0.925. The van der Waals surface area contributed by atoms with Crippen LogP contribution < -0.4 is 10.6 Å². The number of methoxy groups -OCH3 is 1. The summed E-state index contributed by atoms with van der Waals surface area (Å²) >= 11 is 1.77. The summed E-state index contributed by atoms with van der Waals surface area (Å²) in [6.07, 6.45) is 10.5. The molecule has 5 nitrogen and oxygen atoms in total. The molecule has 1 atom stereocenters. The third kappa shape index (κ3) is 6.48. The van der Waals surface area contributed by atoms with Crippen molar-refractivity contribution in [2.75, 3.05) is 18.6 Å². The Labute approximate surface area is 185 Å². The largest absolute Gasteiger partial charge is 0.497 e. The molecule has 0 saturated heterocycles. The first-order chi connectivity index (χ1) is 14.6. The molecule has 0 spiro atoms. The number of hydrogen-bond acceptors (Lipinski definition) is 5. The van der Waals surface area contributed by atoms with Crippen molar-refractivity contribution in [1.82, 2.24) is 5.01 Å². The van der Waals surface area contributed by atoms with E-state index in [2.05, 4.69) is 0 Å². The second-order valence-electron chi connectivity index (χ2n) is 8.79. The fourth-order valence-electron chi connectivity index (χ4n) is 4.68. The van der Waals surface area contributed by atoms with Crippen molar-refractivity contribution in [3.8, 4) is 5.75 Å². The molecular formula is C24H36N2O3S. The average Bonchev–Trinajstić information content (AvgIpc) is 3.32. The number of benzene rings is 1. The number of thioether (sulfide) groups is 1. The van der Waals surface area contributed by atoms with E-state index >= 15 is 0 Å². The number of nitrogens with two attached hydrogens (primary N) is 1. The lowest BCUT2D eigenvalue weighted by Crippen LogP contribution is -2.45. The van der Waals surface area contributed by atoms with Crippen molar-refractivity contribution in [1.29, 1.82) is 0 Å². The number of Topliss-reactive ketones (excluding diaryl/α,β-unsaturated/α-hetero) is 1. The van der Waals surface area contributed by atoms with Crippen LogP contribution in [0.25, 0.3) is 0 Å². The van der Waals surface area contributed by atoms with Gasteiger partial charge in [-0.2, -0.15) is 11.8 Å². The maximum atomic E-state index is 13.2. The van der Waals surface area contributed by atoms with Crippen LogP contribution in [0.5, 0.6) is 5.75 Å². The molecule has 0 bridgehead atoms. The molecule has 2 aliphatic carbocycles. The summed E-state index contributed by atoms with van der Waals surface area (Å²) in [5, 5.41) is 1.24. The number of nitrogens with zero attached hydrogens (tertiary/aromatic N) is 1. The summed E-state index contributed by atoms with van der Waals surface area (Å²) in [4.78, 5) is 26.4. The van der Waals surface area contributed by atoms with E-state index in [1.54, 1.807) is 18.9 Å². The SMILES string of the molecule is COc1ccc(CN(N)C(=O)[C@H](CSCC2CCCCC2)C(=O)C2CCCC2)cc1. The zero-order valence-electron chi connectivity index (χ0n) is 18.2. The van der Waals surface area contributed by atoms with Crippen molar-refractivity contribution in [2.24, 2.45) is 23.6 Å². The van der Waals surface area contributed by atoms with E-state index in [4.69, 9.17) is 10.6 Å². The number of hydrogen-bond donors (Lipinski definition) is 1. The number of carbonyl (C=O) groups is 2. The number of ketones is 1. The molecule has 3 rings (SSSR count). The molecule has 0 radical (unpaired) electrons. The number of rotatable bonds is 10. The van der Waals surface area contributed by atoms with Crippen LogP contribution in [0.1, 0.15) is 63.4 Å². The van der Waals surface area contributed by atoms with Gasteiger partial charge in [0.25, 0.3) is 0 Å². The molecule has 0 aromatic heterocycles. The van der Waals surface area contributed by atoms with E-state index in [1.165, 1.54) is 37.1 Å². The van der Waals surface area contributed by atoms with Crippen molar-refractivity contribution in [2.45, 2.75) is 64.3 Å². The molecule has 30 heavy (non-hydrogen) atoms. The predicted octanol–water partition coefficient (Wildman–Crippen LogP) is 4.59. The van der Waals surface area contributed by atoms with Crippen LogP contribution in [0.3, 0.4) is 0 Å². The first-order valence-corrected chi connectivity index (χ1v) is 12.5. The van der Waals surface area contributed by atoms with E-state index in [0.29, 0.717) is 12.3 Å². The van der Waals surface area contributed by atoms with Gasteiger partial charge >= 0.3 is 0 Å². The molecule has 0 heterocycles. The predicted molar refractivity (Wildman–Crippen MR) is 122 cm³/mol. The molecular weight excluding hydrogens is 396 g/mol. The number of amides is 1.